The van der Waals surface area contributed by atoms with Crippen molar-refractivity contribution in [3.8, 4) is 11.4 Å². The van der Waals surface area contributed by atoms with E-state index in [9.17, 15) is 8.42 Å². The van der Waals surface area contributed by atoms with Crippen molar-refractivity contribution in [1.82, 2.24) is 15.0 Å². The Morgan fingerprint density at radius 1 is 1.32 bits per heavy atom. The number of aromatic nitrogens is 3. The summed E-state index contributed by atoms with van der Waals surface area (Å²) in [5, 5.41) is 0. The number of pyridine rings is 1. The van der Waals surface area contributed by atoms with E-state index in [1.165, 1.54) is 0 Å². The number of hydrogen-bond acceptors (Lipinski definition) is 8. The third-order valence-corrected chi connectivity index (χ3v) is 8.32. The minimum absolute atomic E-state index is 0.139. The van der Waals surface area contributed by atoms with E-state index in [0.29, 0.717) is 49.9 Å². The fourth-order valence-corrected chi connectivity index (χ4v) is 5.76. The average molecular weight is 404 g/mol. The van der Waals surface area contributed by atoms with Crippen LogP contribution in [0.15, 0.2) is 24.4 Å². The quantitative estimate of drug-likeness (QED) is 0.825. The second kappa shape index (κ2) is 6.97. The maximum atomic E-state index is 12.8. The minimum atomic E-state index is -3.28. The Morgan fingerprint density at radius 3 is 2.82 bits per heavy atom. The number of rotatable bonds is 3. The Balaban J connectivity index is 1.88. The van der Waals surface area contributed by atoms with E-state index in [1.807, 2.05) is 6.07 Å². The highest BCUT2D eigenvalue weighted by Gasteiger charge is 2.46. The third kappa shape index (κ3) is 3.22. The number of sulfone groups is 1. The zero-order chi connectivity index (χ0) is 19.9. The molecule has 150 valence electrons. The van der Waals surface area contributed by atoms with Gasteiger partial charge in [0.2, 0.25) is 0 Å². The molecule has 4 heterocycles. The van der Waals surface area contributed by atoms with Gasteiger partial charge in [-0.3, -0.25) is 0 Å². The number of anilines is 2. The fourth-order valence-electron chi connectivity index (χ4n) is 3.90. The van der Waals surface area contributed by atoms with Gasteiger partial charge in [-0.25, -0.2) is 23.4 Å². The predicted octanol–water partition coefficient (Wildman–Crippen LogP) is 1.77. The molecule has 8 nitrogen and oxygen atoms in total. The van der Waals surface area contributed by atoms with Crippen LogP contribution in [0.1, 0.15) is 32.4 Å². The third-order valence-electron chi connectivity index (χ3n) is 5.71. The molecular formula is C19H25N5O3S. The van der Waals surface area contributed by atoms with Crippen LogP contribution in [-0.2, 0) is 19.3 Å². The monoisotopic (exact) mass is 403 g/mol. The lowest BCUT2D eigenvalue weighted by atomic mass is 10.0. The van der Waals surface area contributed by atoms with Crippen LogP contribution in [-0.4, -0.2) is 54.9 Å². The molecule has 28 heavy (non-hydrogen) atoms. The molecule has 4 rings (SSSR count). The Morgan fingerprint density at radius 2 is 2.14 bits per heavy atom. The number of nitrogen functional groups attached to an aromatic ring is 1. The molecule has 0 aromatic carbocycles. The predicted molar refractivity (Wildman–Crippen MR) is 108 cm³/mol. The molecule has 0 bridgehead atoms. The minimum Gasteiger partial charge on any atom is -0.384 e. The Hall–Kier alpha value is -2.26. The van der Waals surface area contributed by atoms with Crippen LogP contribution in [0.2, 0.25) is 0 Å². The van der Waals surface area contributed by atoms with E-state index in [-0.39, 0.29) is 11.8 Å². The smallest absolute Gasteiger partial charge is 0.162 e. The Bertz CT molecular complexity index is 997. The summed E-state index contributed by atoms with van der Waals surface area (Å²) in [6.45, 7) is 5.75. The topological polar surface area (TPSA) is 111 Å². The number of ether oxygens (including phenoxy) is 1. The zero-order valence-corrected chi connectivity index (χ0v) is 16.9. The molecule has 2 aromatic rings. The summed E-state index contributed by atoms with van der Waals surface area (Å²) in [7, 11) is -3.28. The highest BCUT2D eigenvalue weighted by atomic mass is 32.2. The Kier molecular flexibility index (Phi) is 4.75. The van der Waals surface area contributed by atoms with Gasteiger partial charge >= 0.3 is 0 Å². The van der Waals surface area contributed by atoms with Crippen molar-refractivity contribution in [2.75, 3.05) is 36.1 Å². The number of nitrogens with zero attached hydrogens (tertiary/aromatic N) is 4. The lowest BCUT2D eigenvalue weighted by Gasteiger charge is -2.35. The molecule has 9 heteroatoms. The number of hydrogen-bond donors (Lipinski definition) is 1. The van der Waals surface area contributed by atoms with Crippen LogP contribution in [0.5, 0.6) is 0 Å². The lowest BCUT2D eigenvalue weighted by Crippen LogP contribution is -2.44. The van der Waals surface area contributed by atoms with Crippen molar-refractivity contribution in [3.05, 3.63) is 30.1 Å². The second-order valence-corrected chi connectivity index (χ2v) is 10.2. The summed E-state index contributed by atoms with van der Waals surface area (Å²) in [6.07, 6.45) is 2.80. The first-order valence-corrected chi connectivity index (χ1v) is 11.1. The van der Waals surface area contributed by atoms with Gasteiger partial charge in [0.05, 0.1) is 30.7 Å². The van der Waals surface area contributed by atoms with Gasteiger partial charge in [-0.2, -0.15) is 0 Å². The molecule has 2 saturated heterocycles. The molecule has 0 aliphatic carbocycles. The second-order valence-electron chi connectivity index (χ2n) is 7.67. The molecule has 0 saturated carbocycles. The summed E-state index contributed by atoms with van der Waals surface area (Å²) in [4.78, 5) is 15.6. The molecule has 2 atom stereocenters. The van der Waals surface area contributed by atoms with Crippen LogP contribution >= 0.6 is 0 Å². The number of morpholine rings is 1. The van der Waals surface area contributed by atoms with Gasteiger partial charge in [0, 0.05) is 24.4 Å². The molecular weight excluding hydrogens is 378 g/mol. The highest BCUT2D eigenvalue weighted by Crippen LogP contribution is 2.41. The van der Waals surface area contributed by atoms with E-state index in [0.717, 1.165) is 11.4 Å². The first-order valence-electron chi connectivity index (χ1n) is 9.48. The average Bonchev–Trinajstić information content (AvgIpc) is 2.95. The fraction of sp³-hybridized carbons (Fsp3) is 0.526. The molecule has 2 aromatic heterocycles. The summed E-state index contributed by atoms with van der Waals surface area (Å²) >= 11 is 0. The normalized spacial score (nSPS) is 27.1. The lowest BCUT2D eigenvalue weighted by molar-refractivity contribution is 0.0985. The van der Waals surface area contributed by atoms with Crippen LogP contribution in [0.4, 0.5) is 11.6 Å². The summed E-state index contributed by atoms with van der Waals surface area (Å²) < 4.78 is 30.2. The van der Waals surface area contributed by atoms with Gasteiger partial charge in [0.15, 0.2) is 15.7 Å². The molecule has 2 aliphatic heterocycles. The van der Waals surface area contributed by atoms with E-state index >= 15 is 0 Å². The van der Waals surface area contributed by atoms with E-state index in [2.05, 4.69) is 21.8 Å². The standard InChI is InChI=1S/C19H25N5O3S/c1-13-12-27-8-7-24(13)17-11-15(19(2)5-3-9-28(19,25)26)22-18(23-17)14-4-6-21-16(20)10-14/h4,6,10-11,13H,3,5,7-9,12H2,1-2H3,(H2,20,21)/t13-,19?/m1/s1. The van der Waals surface area contributed by atoms with Crippen molar-refractivity contribution < 1.29 is 13.2 Å². The Labute approximate surface area is 165 Å². The van der Waals surface area contributed by atoms with Crippen LogP contribution in [0, 0.1) is 0 Å². The molecule has 2 N–H and O–H groups in total. The molecule has 2 aliphatic rings. The van der Waals surface area contributed by atoms with Crippen LogP contribution < -0.4 is 10.6 Å². The molecule has 0 spiro atoms. The largest absolute Gasteiger partial charge is 0.384 e. The van der Waals surface area contributed by atoms with Gasteiger partial charge in [-0.1, -0.05) is 0 Å². The van der Waals surface area contributed by atoms with Crippen molar-refractivity contribution in [3.63, 3.8) is 0 Å². The summed E-state index contributed by atoms with van der Waals surface area (Å²) in [5.74, 6) is 1.74. The first kappa shape index (κ1) is 19.1. The van der Waals surface area contributed by atoms with E-state index in [1.54, 1.807) is 25.3 Å². The summed E-state index contributed by atoms with van der Waals surface area (Å²) in [6, 6.07) is 5.46. The van der Waals surface area contributed by atoms with Gasteiger partial charge in [0.1, 0.15) is 16.4 Å². The van der Waals surface area contributed by atoms with Crippen LogP contribution in [0.3, 0.4) is 0 Å². The maximum absolute atomic E-state index is 12.8. The zero-order valence-electron chi connectivity index (χ0n) is 16.1. The van der Waals surface area contributed by atoms with Crippen molar-refractivity contribution in [1.29, 1.82) is 0 Å². The SMILES string of the molecule is C[C@@H]1COCCN1c1cc(C2(C)CCCS2(=O)=O)nc(-c2ccnc(N)c2)n1. The van der Waals surface area contributed by atoms with E-state index < -0.39 is 14.6 Å². The first-order chi connectivity index (χ1) is 13.3. The van der Waals surface area contributed by atoms with Gasteiger partial charge < -0.3 is 15.4 Å². The van der Waals surface area contributed by atoms with Crippen molar-refractivity contribution in [2.24, 2.45) is 0 Å². The summed E-state index contributed by atoms with van der Waals surface area (Å²) in [5.41, 5.74) is 7.10. The molecule has 0 radical (unpaired) electrons. The molecule has 2 fully saturated rings. The number of nitrogens with two attached hydrogens (primary N) is 1. The van der Waals surface area contributed by atoms with Crippen molar-refractivity contribution in [2.45, 2.75) is 37.5 Å². The molecule has 0 amide bonds. The highest BCUT2D eigenvalue weighted by molar-refractivity contribution is 7.92. The van der Waals surface area contributed by atoms with Crippen LogP contribution in [0.25, 0.3) is 11.4 Å². The van der Waals surface area contributed by atoms with Gasteiger partial charge in [-0.05, 0) is 38.8 Å². The maximum Gasteiger partial charge on any atom is 0.162 e. The van der Waals surface area contributed by atoms with E-state index in [4.69, 9.17) is 15.5 Å². The molecule has 1 unspecified atom stereocenters. The van der Waals surface area contributed by atoms with Gasteiger partial charge in [-0.15, -0.1) is 0 Å². The van der Waals surface area contributed by atoms with Crippen molar-refractivity contribution >= 4 is 21.5 Å². The van der Waals surface area contributed by atoms with Gasteiger partial charge in [0.25, 0.3) is 0 Å².